The third kappa shape index (κ3) is 4.06. The first-order valence-electron chi connectivity index (χ1n) is 8.73. The molecule has 0 unspecified atom stereocenters. The van der Waals surface area contributed by atoms with Gasteiger partial charge in [0, 0.05) is 16.5 Å². The molecule has 0 amide bonds. The summed E-state index contributed by atoms with van der Waals surface area (Å²) in [6.07, 6.45) is -0.561. The standard InChI is InChI=1S/C21H22N2O3.ClH/c1-21(12-24)13-25-20(26-14-21)19-22-17(15-8-4-2-5-9-15)18(23-19)16-10-6-3-7-11-16;/h2-11,20,24H,12-14H2,1H3,(H,22,23);1H. The number of hydrogen-bond donors (Lipinski definition) is 2. The van der Waals surface area contributed by atoms with Crippen LogP contribution in [0.5, 0.6) is 0 Å². The number of aliphatic hydroxyl groups excluding tert-OH is 1. The van der Waals surface area contributed by atoms with E-state index in [2.05, 4.69) is 17.1 Å². The van der Waals surface area contributed by atoms with Crippen LogP contribution in [0.2, 0.25) is 0 Å². The molecule has 4 rings (SSSR count). The van der Waals surface area contributed by atoms with Gasteiger partial charge < -0.3 is 19.6 Å². The highest BCUT2D eigenvalue weighted by Crippen LogP contribution is 2.35. The van der Waals surface area contributed by atoms with Crippen LogP contribution in [0, 0.1) is 5.41 Å². The maximum atomic E-state index is 9.47. The lowest BCUT2D eigenvalue weighted by Crippen LogP contribution is -2.39. The summed E-state index contributed by atoms with van der Waals surface area (Å²) in [5, 5.41) is 9.47. The molecule has 0 radical (unpaired) electrons. The van der Waals surface area contributed by atoms with Crippen molar-refractivity contribution in [2.45, 2.75) is 13.2 Å². The van der Waals surface area contributed by atoms with Crippen molar-refractivity contribution in [1.29, 1.82) is 0 Å². The second-order valence-electron chi connectivity index (χ2n) is 7.00. The van der Waals surface area contributed by atoms with Gasteiger partial charge in [-0.1, -0.05) is 67.6 Å². The van der Waals surface area contributed by atoms with Crippen LogP contribution in [0.4, 0.5) is 0 Å². The maximum absolute atomic E-state index is 9.47. The molecule has 1 saturated heterocycles. The van der Waals surface area contributed by atoms with Gasteiger partial charge in [-0.3, -0.25) is 0 Å². The summed E-state index contributed by atoms with van der Waals surface area (Å²) in [6.45, 7) is 2.82. The van der Waals surface area contributed by atoms with Crippen molar-refractivity contribution in [3.05, 3.63) is 66.5 Å². The number of aliphatic hydroxyl groups is 1. The average Bonchev–Trinajstić information content (AvgIpc) is 3.15. The molecule has 2 heterocycles. The molecule has 3 aromatic rings. The molecular formula is C21H23ClN2O3. The molecule has 1 aliphatic heterocycles. The second kappa shape index (κ2) is 8.23. The van der Waals surface area contributed by atoms with Crippen molar-refractivity contribution in [2.24, 2.45) is 5.41 Å². The summed E-state index contributed by atoms with van der Waals surface area (Å²) in [6, 6.07) is 20.2. The summed E-state index contributed by atoms with van der Waals surface area (Å²) >= 11 is 0. The van der Waals surface area contributed by atoms with Crippen molar-refractivity contribution in [1.82, 2.24) is 9.97 Å². The van der Waals surface area contributed by atoms with Crippen LogP contribution >= 0.6 is 12.4 Å². The van der Waals surface area contributed by atoms with Crippen molar-refractivity contribution >= 4 is 12.4 Å². The minimum absolute atomic E-state index is 0. The molecule has 2 aromatic carbocycles. The molecule has 0 aliphatic carbocycles. The molecule has 0 atom stereocenters. The number of rotatable bonds is 4. The zero-order chi connectivity index (χ0) is 18.0. The van der Waals surface area contributed by atoms with Crippen LogP contribution < -0.4 is 0 Å². The van der Waals surface area contributed by atoms with Crippen molar-refractivity contribution in [3.63, 3.8) is 0 Å². The Labute approximate surface area is 164 Å². The number of halogens is 1. The number of nitrogens with zero attached hydrogens (tertiary/aromatic N) is 1. The van der Waals surface area contributed by atoms with Crippen molar-refractivity contribution < 1.29 is 14.6 Å². The first-order valence-corrected chi connectivity index (χ1v) is 8.73. The van der Waals surface area contributed by atoms with Gasteiger partial charge in [0.05, 0.1) is 31.2 Å². The Morgan fingerprint density at radius 1 is 1.00 bits per heavy atom. The Morgan fingerprint density at radius 2 is 1.56 bits per heavy atom. The number of H-pyrrole nitrogens is 1. The topological polar surface area (TPSA) is 67.4 Å². The fourth-order valence-corrected chi connectivity index (χ4v) is 3.01. The fourth-order valence-electron chi connectivity index (χ4n) is 3.01. The minimum Gasteiger partial charge on any atom is -0.396 e. The lowest BCUT2D eigenvalue weighted by molar-refractivity contribution is -0.239. The van der Waals surface area contributed by atoms with Gasteiger partial charge in [0.1, 0.15) is 0 Å². The lowest BCUT2D eigenvalue weighted by atomic mass is 9.94. The Hall–Kier alpha value is -2.18. The van der Waals surface area contributed by atoms with Gasteiger partial charge in [-0.25, -0.2) is 4.98 Å². The number of benzene rings is 2. The van der Waals surface area contributed by atoms with E-state index >= 15 is 0 Å². The van der Waals surface area contributed by atoms with Gasteiger partial charge in [-0.2, -0.15) is 0 Å². The highest BCUT2D eigenvalue weighted by molar-refractivity contribution is 5.85. The van der Waals surface area contributed by atoms with E-state index in [9.17, 15) is 5.11 Å². The Kier molecular flexibility index (Phi) is 5.97. The zero-order valence-corrected chi connectivity index (χ0v) is 15.9. The summed E-state index contributed by atoms with van der Waals surface area (Å²) in [5.41, 5.74) is 3.53. The van der Waals surface area contributed by atoms with Crippen LogP contribution in [-0.2, 0) is 9.47 Å². The Balaban J connectivity index is 0.00000210. The monoisotopic (exact) mass is 386 g/mol. The number of aromatic amines is 1. The quantitative estimate of drug-likeness (QED) is 0.704. The molecule has 2 N–H and O–H groups in total. The average molecular weight is 387 g/mol. The van der Waals surface area contributed by atoms with E-state index in [1.54, 1.807) is 0 Å². The summed E-state index contributed by atoms with van der Waals surface area (Å²) in [4.78, 5) is 8.17. The van der Waals surface area contributed by atoms with Crippen LogP contribution in [0.25, 0.3) is 22.5 Å². The Bertz CT molecular complexity index is 803. The van der Waals surface area contributed by atoms with E-state index in [1.807, 2.05) is 55.5 Å². The number of aromatic nitrogens is 2. The van der Waals surface area contributed by atoms with Crippen LogP contribution in [0.15, 0.2) is 60.7 Å². The number of ether oxygens (including phenoxy) is 2. The second-order valence-corrected chi connectivity index (χ2v) is 7.00. The van der Waals surface area contributed by atoms with Crippen LogP contribution in [0.1, 0.15) is 19.0 Å². The van der Waals surface area contributed by atoms with E-state index in [-0.39, 0.29) is 24.4 Å². The first kappa shape index (κ1) is 19.6. The lowest BCUT2D eigenvalue weighted by Gasteiger charge is -2.35. The van der Waals surface area contributed by atoms with Gasteiger partial charge >= 0.3 is 0 Å². The highest BCUT2D eigenvalue weighted by Gasteiger charge is 2.34. The maximum Gasteiger partial charge on any atom is 0.217 e. The van der Waals surface area contributed by atoms with Crippen molar-refractivity contribution in [3.8, 4) is 22.5 Å². The highest BCUT2D eigenvalue weighted by atomic mass is 35.5. The first-order chi connectivity index (χ1) is 12.7. The largest absolute Gasteiger partial charge is 0.396 e. The van der Waals surface area contributed by atoms with E-state index < -0.39 is 6.29 Å². The van der Waals surface area contributed by atoms with Gasteiger partial charge in [-0.05, 0) is 0 Å². The molecule has 1 fully saturated rings. The number of imidazole rings is 1. The molecule has 27 heavy (non-hydrogen) atoms. The molecule has 1 aromatic heterocycles. The molecule has 142 valence electrons. The third-order valence-electron chi connectivity index (χ3n) is 4.60. The van der Waals surface area contributed by atoms with Crippen LogP contribution in [-0.4, -0.2) is 34.9 Å². The predicted molar refractivity (Wildman–Crippen MR) is 107 cm³/mol. The minimum atomic E-state index is -0.561. The Morgan fingerprint density at radius 3 is 2.11 bits per heavy atom. The summed E-state index contributed by atoms with van der Waals surface area (Å²) in [5.74, 6) is 0.641. The van der Waals surface area contributed by atoms with Gasteiger partial charge in [-0.15, -0.1) is 12.4 Å². The molecule has 5 nitrogen and oxygen atoms in total. The fraction of sp³-hybridized carbons (Fsp3) is 0.286. The smallest absolute Gasteiger partial charge is 0.217 e. The summed E-state index contributed by atoms with van der Waals surface area (Å²) < 4.78 is 11.7. The molecular weight excluding hydrogens is 364 g/mol. The predicted octanol–water partition coefficient (Wildman–Crippen LogP) is 4.21. The normalized spacial score (nSPS) is 22.2. The summed E-state index contributed by atoms with van der Waals surface area (Å²) in [7, 11) is 0. The molecule has 0 saturated carbocycles. The van der Waals surface area contributed by atoms with E-state index in [0.29, 0.717) is 19.0 Å². The number of nitrogens with one attached hydrogen (secondary N) is 1. The van der Waals surface area contributed by atoms with Gasteiger partial charge in [0.25, 0.3) is 0 Å². The van der Waals surface area contributed by atoms with E-state index in [4.69, 9.17) is 14.5 Å². The van der Waals surface area contributed by atoms with Gasteiger partial charge in [0.15, 0.2) is 5.82 Å². The van der Waals surface area contributed by atoms with E-state index in [0.717, 1.165) is 22.5 Å². The molecule has 0 bridgehead atoms. The molecule has 0 spiro atoms. The third-order valence-corrected chi connectivity index (χ3v) is 4.60. The SMILES string of the molecule is CC1(CO)COC(c2nc(-c3ccccc3)c(-c3ccccc3)[nH]2)OC1.Cl. The zero-order valence-electron chi connectivity index (χ0n) is 15.1. The molecule has 6 heteroatoms. The van der Waals surface area contributed by atoms with Crippen molar-refractivity contribution in [2.75, 3.05) is 19.8 Å². The van der Waals surface area contributed by atoms with Crippen LogP contribution in [0.3, 0.4) is 0 Å². The van der Waals surface area contributed by atoms with E-state index in [1.165, 1.54) is 0 Å². The van der Waals surface area contributed by atoms with Gasteiger partial charge in [0.2, 0.25) is 6.29 Å². The molecule has 1 aliphatic rings. The number of hydrogen-bond acceptors (Lipinski definition) is 4.